The second kappa shape index (κ2) is 6.67. The lowest BCUT2D eigenvalue weighted by atomic mass is 9.94. The highest BCUT2D eigenvalue weighted by Gasteiger charge is 2.29. The number of halogens is 2. The number of aromatic nitrogens is 2. The Morgan fingerprint density at radius 3 is 2.62 bits per heavy atom. The molecule has 0 spiro atoms. The van der Waals surface area contributed by atoms with Crippen LogP contribution < -0.4 is 0 Å². The van der Waals surface area contributed by atoms with Gasteiger partial charge in [-0.05, 0) is 71.5 Å². The van der Waals surface area contributed by atoms with E-state index in [0.717, 1.165) is 32.8 Å². The van der Waals surface area contributed by atoms with E-state index in [2.05, 4.69) is 47.9 Å². The molecular weight excluding hydrogens is 438 g/mol. The van der Waals surface area contributed by atoms with Crippen LogP contribution in [0.4, 0.5) is 4.79 Å². The molecule has 0 unspecified atom stereocenters. The number of amides is 1. The fourth-order valence-corrected chi connectivity index (χ4v) is 4.05. The van der Waals surface area contributed by atoms with Crippen molar-refractivity contribution < 1.29 is 9.53 Å². The summed E-state index contributed by atoms with van der Waals surface area (Å²) in [5, 5.41) is 1.08. The molecule has 1 N–H and O–H groups in total. The molecule has 0 atom stereocenters. The number of fused-ring (bicyclic) bond motifs is 1. The van der Waals surface area contributed by atoms with Crippen molar-refractivity contribution in [2.24, 2.45) is 0 Å². The third-order valence-electron chi connectivity index (χ3n) is 4.14. The van der Waals surface area contributed by atoms with E-state index in [9.17, 15) is 4.79 Å². The monoisotopic (exact) mass is 457 g/mol. The molecule has 3 heterocycles. The van der Waals surface area contributed by atoms with Gasteiger partial charge in [-0.2, -0.15) is 0 Å². The van der Waals surface area contributed by atoms with Crippen LogP contribution in [0.1, 0.15) is 45.2 Å². The normalized spacial score (nSPS) is 16.6. The molecule has 1 aliphatic rings. The van der Waals surface area contributed by atoms with Crippen LogP contribution in [0.3, 0.4) is 0 Å². The molecule has 1 fully saturated rings. The van der Waals surface area contributed by atoms with Gasteiger partial charge < -0.3 is 14.6 Å². The van der Waals surface area contributed by atoms with Gasteiger partial charge in [0.25, 0.3) is 0 Å². The van der Waals surface area contributed by atoms with E-state index in [0.29, 0.717) is 19.0 Å². The van der Waals surface area contributed by atoms with Crippen molar-refractivity contribution in [3.05, 3.63) is 26.9 Å². The average molecular weight is 459 g/mol. The third-order valence-corrected chi connectivity index (χ3v) is 5.42. The average Bonchev–Trinajstić information content (AvgIpc) is 2.83. The van der Waals surface area contributed by atoms with Crippen molar-refractivity contribution in [2.75, 3.05) is 13.1 Å². The molecule has 0 bridgehead atoms. The van der Waals surface area contributed by atoms with Crippen LogP contribution in [0.5, 0.6) is 0 Å². The number of hydrogen-bond acceptors (Lipinski definition) is 3. The minimum atomic E-state index is -0.451. The summed E-state index contributed by atoms with van der Waals surface area (Å²) < 4.78 is 7.49. The van der Waals surface area contributed by atoms with Crippen LogP contribution in [-0.2, 0) is 4.74 Å². The summed E-state index contributed by atoms with van der Waals surface area (Å²) in [6.07, 6.45) is 3.39. The number of aromatic amines is 1. The summed E-state index contributed by atoms with van der Waals surface area (Å²) in [5.41, 5.74) is 1.60. The van der Waals surface area contributed by atoms with Crippen LogP contribution in [-0.4, -0.2) is 39.7 Å². The number of likely N-dealkylation sites (tertiary alicyclic amines) is 1. The highest BCUT2D eigenvalue weighted by molar-refractivity contribution is 9.11. The highest BCUT2D eigenvalue weighted by Crippen LogP contribution is 2.37. The summed E-state index contributed by atoms with van der Waals surface area (Å²) in [7, 11) is 0. The van der Waals surface area contributed by atoms with Crippen LogP contribution in [0.15, 0.2) is 21.2 Å². The topological polar surface area (TPSA) is 58.2 Å². The lowest BCUT2D eigenvalue weighted by molar-refractivity contribution is 0.0204. The Labute approximate surface area is 158 Å². The van der Waals surface area contributed by atoms with Gasteiger partial charge in [0.05, 0.1) is 0 Å². The van der Waals surface area contributed by atoms with E-state index < -0.39 is 5.60 Å². The number of piperidine rings is 1. The van der Waals surface area contributed by atoms with Crippen molar-refractivity contribution in [1.82, 2.24) is 14.9 Å². The van der Waals surface area contributed by atoms with Gasteiger partial charge in [0.2, 0.25) is 0 Å². The fourth-order valence-electron chi connectivity index (χ4n) is 2.99. The van der Waals surface area contributed by atoms with Crippen LogP contribution in [0, 0.1) is 0 Å². The number of carbonyl (C=O) groups excluding carboxylic acids is 1. The maximum Gasteiger partial charge on any atom is 0.410 e. The van der Waals surface area contributed by atoms with Crippen LogP contribution in [0.2, 0.25) is 0 Å². The molecule has 0 radical (unpaired) electrons. The molecule has 0 aliphatic carbocycles. The van der Waals surface area contributed by atoms with E-state index >= 15 is 0 Å². The van der Waals surface area contributed by atoms with Gasteiger partial charge in [0.1, 0.15) is 11.2 Å². The molecule has 5 nitrogen and oxygen atoms in total. The molecule has 7 heteroatoms. The first kappa shape index (κ1) is 17.7. The Balaban J connectivity index is 1.71. The molecule has 130 valence electrons. The van der Waals surface area contributed by atoms with E-state index in [-0.39, 0.29) is 6.09 Å². The molecule has 1 aliphatic heterocycles. The van der Waals surface area contributed by atoms with Crippen LogP contribution >= 0.6 is 31.9 Å². The number of carbonyl (C=O) groups is 1. The molecule has 1 amide bonds. The highest BCUT2D eigenvalue weighted by atomic mass is 79.9. The van der Waals surface area contributed by atoms with E-state index in [1.165, 1.54) is 5.69 Å². The van der Waals surface area contributed by atoms with Gasteiger partial charge in [-0.1, -0.05) is 0 Å². The molecule has 2 aromatic heterocycles. The number of hydrogen-bond donors (Lipinski definition) is 1. The minimum absolute atomic E-state index is 0.220. The molecule has 2 aromatic rings. The second-order valence-corrected chi connectivity index (χ2v) is 8.85. The van der Waals surface area contributed by atoms with Crippen molar-refractivity contribution in [3.63, 3.8) is 0 Å². The molecule has 0 saturated carbocycles. The molecule has 1 saturated heterocycles. The molecule has 24 heavy (non-hydrogen) atoms. The number of nitrogens with zero attached hydrogens (tertiary/aromatic N) is 2. The number of nitrogens with one attached hydrogen (secondary N) is 1. The molecule has 0 aromatic carbocycles. The lowest BCUT2D eigenvalue weighted by Gasteiger charge is -2.33. The van der Waals surface area contributed by atoms with Gasteiger partial charge in [0, 0.05) is 45.2 Å². The Kier molecular flexibility index (Phi) is 4.93. The van der Waals surface area contributed by atoms with Gasteiger partial charge in [-0.15, -0.1) is 0 Å². The molecular formula is C17H21Br2N3O2. The lowest BCUT2D eigenvalue weighted by Crippen LogP contribution is -2.41. The second-order valence-electron chi connectivity index (χ2n) is 7.14. The maximum atomic E-state index is 12.2. The zero-order chi connectivity index (χ0) is 17.5. The van der Waals surface area contributed by atoms with E-state index in [4.69, 9.17) is 4.74 Å². The Hall–Kier alpha value is -1.08. The molecule has 3 rings (SSSR count). The Morgan fingerprint density at radius 2 is 2.00 bits per heavy atom. The minimum Gasteiger partial charge on any atom is -0.444 e. The summed E-state index contributed by atoms with van der Waals surface area (Å²) in [6.45, 7) is 7.09. The van der Waals surface area contributed by atoms with Crippen molar-refractivity contribution in [2.45, 2.75) is 45.1 Å². The van der Waals surface area contributed by atoms with Gasteiger partial charge in [-0.3, -0.25) is 0 Å². The van der Waals surface area contributed by atoms with Crippen LogP contribution in [0.25, 0.3) is 11.0 Å². The fraction of sp³-hybridized carbons (Fsp3) is 0.529. The van der Waals surface area contributed by atoms with Crippen molar-refractivity contribution in [3.8, 4) is 0 Å². The quantitative estimate of drug-likeness (QED) is 0.638. The number of rotatable bonds is 1. The third kappa shape index (κ3) is 3.77. The number of ether oxygens (including phenoxy) is 1. The first-order valence-corrected chi connectivity index (χ1v) is 9.64. The van der Waals surface area contributed by atoms with Gasteiger partial charge in [0.15, 0.2) is 0 Å². The van der Waals surface area contributed by atoms with Gasteiger partial charge >= 0.3 is 6.09 Å². The standard InChI is InChI=1S/C17H21Br2N3O2/c1-17(2,3)24-16(23)22-6-4-10(5-7-22)14-13(19)12-8-11(18)9-20-15(12)21-14/h8-10H,4-7H2,1-3H3,(H,20,21). The largest absolute Gasteiger partial charge is 0.444 e. The number of H-pyrrole nitrogens is 1. The summed E-state index contributed by atoms with van der Waals surface area (Å²) in [5.74, 6) is 0.381. The predicted molar refractivity (Wildman–Crippen MR) is 101 cm³/mol. The zero-order valence-corrected chi connectivity index (χ0v) is 17.2. The Morgan fingerprint density at radius 1 is 1.33 bits per heavy atom. The Bertz CT molecular complexity index is 759. The van der Waals surface area contributed by atoms with Crippen molar-refractivity contribution in [1.29, 1.82) is 0 Å². The first-order valence-electron chi connectivity index (χ1n) is 8.05. The number of pyridine rings is 1. The SMILES string of the molecule is CC(C)(C)OC(=O)N1CCC(c2[nH]c3ncc(Br)cc3c2Br)CC1. The summed E-state index contributed by atoms with van der Waals surface area (Å²) in [6, 6.07) is 2.06. The first-order chi connectivity index (χ1) is 11.2. The smallest absolute Gasteiger partial charge is 0.410 e. The summed E-state index contributed by atoms with van der Waals surface area (Å²) in [4.78, 5) is 21.8. The predicted octanol–water partition coefficient (Wildman–Crippen LogP) is 5.20. The summed E-state index contributed by atoms with van der Waals surface area (Å²) >= 11 is 7.17. The maximum absolute atomic E-state index is 12.2. The van der Waals surface area contributed by atoms with E-state index in [1.807, 2.05) is 20.8 Å². The zero-order valence-electron chi connectivity index (χ0n) is 14.0. The van der Waals surface area contributed by atoms with Gasteiger partial charge in [-0.25, -0.2) is 9.78 Å². The van der Waals surface area contributed by atoms with E-state index in [1.54, 1.807) is 11.1 Å². The van der Waals surface area contributed by atoms with Crippen molar-refractivity contribution >= 4 is 49.0 Å².